The van der Waals surface area contributed by atoms with E-state index >= 15 is 0 Å². The SMILES string of the molecule is O=C(NCCC#Cc1ccccc1CCCO)OCC1c2ccccc2-c2ccccc21. The summed E-state index contributed by atoms with van der Waals surface area (Å²) in [6.07, 6.45) is 1.65. The Morgan fingerprint density at radius 2 is 1.59 bits per heavy atom. The number of aliphatic hydroxyl groups is 1. The molecule has 3 aromatic rings. The second-order valence-electron chi connectivity index (χ2n) is 7.79. The summed E-state index contributed by atoms with van der Waals surface area (Å²) in [4.78, 5) is 12.2. The van der Waals surface area contributed by atoms with E-state index in [2.05, 4.69) is 41.4 Å². The number of carbonyl (C=O) groups is 1. The lowest BCUT2D eigenvalue weighted by molar-refractivity contribution is 0.143. The van der Waals surface area contributed by atoms with Gasteiger partial charge in [-0.15, -0.1) is 0 Å². The molecule has 2 N–H and O–H groups in total. The van der Waals surface area contributed by atoms with Crippen LogP contribution in [-0.2, 0) is 11.2 Å². The molecular weight excluding hydrogens is 398 g/mol. The fraction of sp³-hybridized carbons (Fsp3) is 0.250. The third-order valence-electron chi connectivity index (χ3n) is 5.71. The van der Waals surface area contributed by atoms with Gasteiger partial charge in [0.05, 0.1) is 0 Å². The van der Waals surface area contributed by atoms with Crippen molar-refractivity contribution in [1.82, 2.24) is 5.32 Å². The summed E-state index contributed by atoms with van der Waals surface area (Å²) in [5.41, 5.74) is 6.94. The Bertz CT molecular complexity index is 1100. The fourth-order valence-corrected chi connectivity index (χ4v) is 4.16. The summed E-state index contributed by atoms with van der Waals surface area (Å²) in [6, 6.07) is 24.5. The summed E-state index contributed by atoms with van der Waals surface area (Å²) in [7, 11) is 0. The van der Waals surface area contributed by atoms with Crippen molar-refractivity contribution in [2.24, 2.45) is 0 Å². The highest BCUT2D eigenvalue weighted by molar-refractivity contribution is 5.79. The number of amides is 1. The summed E-state index contributed by atoms with van der Waals surface area (Å²) in [5, 5.41) is 11.8. The molecule has 162 valence electrons. The van der Waals surface area contributed by atoms with Crippen LogP contribution in [0.15, 0.2) is 72.8 Å². The minimum Gasteiger partial charge on any atom is -0.449 e. The minimum atomic E-state index is -0.419. The molecule has 4 rings (SSSR count). The zero-order chi connectivity index (χ0) is 22.2. The first-order chi connectivity index (χ1) is 15.8. The Morgan fingerprint density at radius 1 is 0.938 bits per heavy atom. The first-order valence-electron chi connectivity index (χ1n) is 11.0. The number of hydrogen-bond donors (Lipinski definition) is 2. The van der Waals surface area contributed by atoms with E-state index in [1.54, 1.807) is 0 Å². The van der Waals surface area contributed by atoms with E-state index in [-0.39, 0.29) is 12.5 Å². The van der Waals surface area contributed by atoms with Gasteiger partial charge < -0.3 is 15.2 Å². The number of rotatable bonds is 7. The molecule has 4 nitrogen and oxygen atoms in total. The number of carbonyl (C=O) groups excluding carboxylic acids is 1. The molecule has 1 aliphatic rings. The van der Waals surface area contributed by atoms with E-state index in [1.165, 1.54) is 22.3 Å². The van der Waals surface area contributed by atoms with Crippen LogP contribution in [0.2, 0.25) is 0 Å². The Labute approximate surface area is 189 Å². The van der Waals surface area contributed by atoms with Crippen LogP contribution >= 0.6 is 0 Å². The van der Waals surface area contributed by atoms with Gasteiger partial charge in [0, 0.05) is 31.1 Å². The predicted molar refractivity (Wildman–Crippen MR) is 126 cm³/mol. The zero-order valence-corrected chi connectivity index (χ0v) is 18.0. The molecule has 0 atom stereocenters. The van der Waals surface area contributed by atoms with E-state index in [0.717, 1.165) is 24.0 Å². The van der Waals surface area contributed by atoms with Crippen molar-refractivity contribution in [3.63, 3.8) is 0 Å². The second-order valence-corrected chi connectivity index (χ2v) is 7.79. The summed E-state index contributed by atoms with van der Waals surface area (Å²) in [5.74, 6) is 6.34. The highest BCUT2D eigenvalue weighted by atomic mass is 16.5. The first-order valence-corrected chi connectivity index (χ1v) is 11.0. The van der Waals surface area contributed by atoms with Gasteiger partial charge in [-0.05, 0) is 46.7 Å². The smallest absolute Gasteiger partial charge is 0.407 e. The van der Waals surface area contributed by atoms with E-state index in [9.17, 15) is 4.79 Å². The average molecular weight is 426 g/mol. The lowest BCUT2D eigenvalue weighted by Crippen LogP contribution is -2.26. The van der Waals surface area contributed by atoms with Crippen LogP contribution < -0.4 is 5.32 Å². The van der Waals surface area contributed by atoms with Crippen molar-refractivity contribution in [2.45, 2.75) is 25.2 Å². The maximum atomic E-state index is 12.2. The predicted octanol–water partition coefficient (Wildman–Crippen LogP) is 4.89. The third-order valence-corrected chi connectivity index (χ3v) is 5.71. The lowest BCUT2D eigenvalue weighted by atomic mass is 9.98. The molecule has 3 aromatic carbocycles. The molecule has 4 heteroatoms. The maximum absolute atomic E-state index is 12.2. The van der Waals surface area contributed by atoms with Crippen molar-refractivity contribution in [3.8, 4) is 23.0 Å². The summed E-state index contributed by atoms with van der Waals surface area (Å²) < 4.78 is 5.55. The number of benzene rings is 3. The van der Waals surface area contributed by atoms with Gasteiger partial charge in [0.15, 0.2) is 0 Å². The van der Waals surface area contributed by atoms with Crippen molar-refractivity contribution >= 4 is 6.09 Å². The number of aliphatic hydroxyl groups excluding tert-OH is 1. The monoisotopic (exact) mass is 425 g/mol. The van der Waals surface area contributed by atoms with Gasteiger partial charge in [-0.1, -0.05) is 78.6 Å². The van der Waals surface area contributed by atoms with Gasteiger partial charge in [0.1, 0.15) is 6.61 Å². The minimum absolute atomic E-state index is 0.0587. The number of fused-ring (bicyclic) bond motifs is 3. The van der Waals surface area contributed by atoms with Gasteiger partial charge in [0.25, 0.3) is 0 Å². The summed E-state index contributed by atoms with van der Waals surface area (Å²) >= 11 is 0. The second kappa shape index (κ2) is 10.7. The van der Waals surface area contributed by atoms with Crippen molar-refractivity contribution in [2.75, 3.05) is 19.8 Å². The Balaban J connectivity index is 1.27. The molecule has 0 aromatic heterocycles. The molecule has 0 saturated carbocycles. The van der Waals surface area contributed by atoms with Gasteiger partial charge >= 0.3 is 6.09 Å². The molecule has 1 amide bonds. The lowest BCUT2D eigenvalue weighted by Gasteiger charge is -2.14. The molecule has 0 bridgehead atoms. The van der Waals surface area contributed by atoms with Crippen molar-refractivity contribution in [3.05, 3.63) is 95.1 Å². The average Bonchev–Trinajstić information content (AvgIpc) is 3.15. The quantitative estimate of drug-likeness (QED) is 0.418. The van der Waals surface area contributed by atoms with E-state index in [0.29, 0.717) is 19.6 Å². The highest BCUT2D eigenvalue weighted by Gasteiger charge is 2.28. The Hall–Kier alpha value is -3.55. The highest BCUT2D eigenvalue weighted by Crippen LogP contribution is 2.44. The molecule has 0 spiro atoms. The number of ether oxygens (including phenoxy) is 1. The largest absolute Gasteiger partial charge is 0.449 e. The molecule has 0 saturated heterocycles. The standard InChI is InChI=1S/C28H27NO3/c30-19-9-13-22-11-2-1-10-21(22)12-7-8-18-29-28(31)32-20-27-25-16-5-3-14-23(25)24-15-4-6-17-26(24)27/h1-6,10-11,14-17,27,30H,8-9,13,18-20H2,(H,29,31). The number of alkyl carbamates (subject to hydrolysis) is 1. The molecule has 0 unspecified atom stereocenters. The number of hydrogen-bond acceptors (Lipinski definition) is 3. The van der Waals surface area contributed by atoms with Crippen LogP contribution in [0.3, 0.4) is 0 Å². The van der Waals surface area contributed by atoms with Crippen LogP contribution in [0.1, 0.15) is 41.0 Å². The number of nitrogens with one attached hydrogen (secondary N) is 1. The molecule has 0 fully saturated rings. The number of aryl methyl sites for hydroxylation is 1. The molecule has 0 radical (unpaired) electrons. The van der Waals surface area contributed by atoms with E-state index < -0.39 is 6.09 Å². The topological polar surface area (TPSA) is 58.6 Å². The van der Waals surface area contributed by atoms with Crippen LogP contribution in [0.25, 0.3) is 11.1 Å². The first kappa shape index (κ1) is 21.7. The van der Waals surface area contributed by atoms with Gasteiger partial charge in [-0.3, -0.25) is 0 Å². The molecular formula is C28H27NO3. The van der Waals surface area contributed by atoms with Gasteiger partial charge in [0.2, 0.25) is 0 Å². The van der Waals surface area contributed by atoms with Gasteiger partial charge in [-0.2, -0.15) is 0 Å². The molecule has 1 aliphatic carbocycles. The Morgan fingerprint density at radius 3 is 2.31 bits per heavy atom. The zero-order valence-electron chi connectivity index (χ0n) is 18.0. The van der Waals surface area contributed by atoms with Crippen molar-refractivity contribution < 1.29 is 14.6 Å². The maximum Gasteiger partial charge on any atom is 0.407 e. The Kier molecular flexibility index (Phi) is 7.22. The summed E-state index contributed by atoms with van der Waals surface area (Å²) in [6.45, 7) is 0.915. The van der Waals surface area contributed by atoms with E-state index in [4.69, 9.17) is 9.84 Å². The van der Waals surface area contributed by atoms with Crippen LogP contribution in [0.5, 0.6) is 0 Å². The van der Waals surface area contributed by atoms with Crippen LogP contribution in [-0.4, -0.2) is 31.0 Å². The normalized spacial score (nSPS) is 11.8. The molecule has 0 heterocycles. The molecule has 0 aliphatic heterocycles. The third kappa shape index (κ3) is 5.01. The van der Waals surface area contributed by atoms with Crippen LogP contribution in [0.4, 0.5) is 4.79 Å². The van der Waals surface area contributed by atoms with Crippen molar-refractivity contribution in [1.29, 1.82) is 0 Å². The fourth-order valence-electron chi connectivity index (χ4n) is 4.16. The van der Waals surface area contributed by atoms with Gasteiger partial charge in [-0.25, -0.2) is 4.79 Å². The molecule has 32 heavy (non-hydrogen) atoms. The van der Waals surface area contributed by atoms with E-state index in [1.807, 2.05) is 48.5 Å². The van der Waals surface area contributed by atoms with Crippen LogP contribution in [0, 0.1) is 11.8 Å².